The van der Waals surface area contributed by atoms with Crippen molar-refractivity contribution < 1.29 is 4.79 Å². The Kier molecular flexibility index (Phi) is 3.49. The minimum atomic E-state index is -0.112. The van der Waals surface area contributed by atoms with Crippen LogP contribution in [0.3, 0.4) is 0 Å². The van der Waals surface area contributed by atoms with Crippen LogP contribution in [0.2, 0.25) is 0 Å². The lowest BCUT2D eigenvalue weighted by molar-refractivity contribution is 0.104. The van der Waals surface area contributed by atoms with Gasteiger partial charge >= 0.3 is 0 Å². The summed E-state index contributed by atoms with van der Waals surface area (Å²) in [5.41, 5.74) is 6.18. The summed E-state index contributed by atoms with van der Waals surface area (Å²) >= 11 is 0. The lowest BCUT2D eigenvalue weighted by atomic mass is 9.83. The van der Waals surface area contributed by atoms with Crippen LogP contribution in [0.25, 0.3) is 27.7 Å². The molecule has 0 radical (unpaired) electrons. The number of rotatable bonds is 2. The minimum Gasteiger partial charge on any atom is -0.388 e. The van der Waals surface area contributed by atoms with Gasteiger partial charge < -0.3 is 5.32 Å². The van der Waals surface area contributed by atoms with Crippen molar-refractivity contribution in [1.29, 1.82) is 0 Å². The highest BCUT2D eigenvalue weighted by atomic mass is 16.1. The van der Waals surface area contributed by atoms with Crippen molar-refractivity contribution in [3.63, 3.8) is 0 Å². The summed E-state index contributed by atoms with van der Waals surface area (Å²) in [6.45, 7) is 2.01. The number of aryl methyl sites for hydroxylation is 1. The number of benzene rings is 3. The summed E-state index contributed by atoms with van der Waals surface area (Å²) < 4.78 is 1.68. The van der Waals surface area contributed by atoms with Crippen molar-refractivity contribution in [3.05, 3.63) is 93.8 Å². The molecule has 0 saturated carbocycles. The summed E-state index contributed by atoms with van der Waals surface area (Å²) in [6.07, 6.45) is 0. The third-order valence-electron chi connectivity index (χ3n) is 5.43. The van der Waals surface area contributed by atoms with Crippen LogP contribution in [0, 0.1) is 6.92 Å². The van der Waals surface area contributed by atoms with E-state index < -0.39 is 0 Å². The second kappa shape index (κ2) is 5.92. The molecule has 3 aromatic carbocycles. The fraction of sp³-hybridized carbons (Fsp3) is 0.0833. The average molecular weight is 366 g/mol. The average Bonchev–Trinajstić information content (AvgIpc) is 2.72. The zero-order chi connectivity index (χ0) is 19.4. The number of nitrogens with one attached hydrogen (secondary N) is 1. The number of nitrogens with zero attached hydrogens (tertiary/aromatic N) is 1. The van der Waals surface area contributed by atoms with Gasteiger partial charge in [0, 0.05) is 35.4 Å². The van der Waals surface area contributed by atoms with Crippen molar-refractivity contribution >= 4 is 22.4 Å². The van der Waals surface area contributed by atoms with Crippen LogP contribution in [-0.2, 0) is 0 Å². The summed E-state index contributed by atoms with van der Waals surface area (Å²) in [6, 6.07) is 20.8. The van der Waals surface area contributed by atoms with Crippen LogP contribution >= 0.6 is 0 Å². The molecule has 0 fully saturated rings. The molecule has 4 heteroatoms. The van der Waals surface area contributed by atoms with Gasteiger partial charge in [0.05, 0.1) is 11.1 Å². The van der Waals surface area contributed by atoms with E-state index in [1.807, 2.05) is 67.6 Å². The van der Waals surface area contributed by atoms with Crippen LogP contribution in [-0.4, -0.2) is 17.4 Å². The van der Waals surface area contributed by atoms with Crippen molar-refractivity contribution in [3.8, 4) is 16.8 Å². The Balaban J connectivity index is 1.98. The molecule has 0 amide bonds. The number of carbonyl (C=O) groups is 1. The van der Waals surface area contributed by atoms with Gasteiger partial charge in [0.1, 0.15) is 0 Å². The first-order valence-electron chi connectivity index (χ1n) is 9.22. The maximum atomic E-state index is 13.3. The fourth-order valence-electron chi connectivity index (χ4n) is 4.10. The van der Waals surface area contributed by atoms with E-state index in [9.17, 15) is 9.59 Å². The zero-order valence-corrected chi connectivity index (χ0v) is 15.6. The van der Waals surface area contributed by atoms with Gasteiger partial charge in [0.2, 0.25) is 0 Å². The SMILES string of the molecule is CNc1ccc2c3c(cc(=O)n2-c2ccc(C)cc2)-c2ccccc2C(=O)c13. The molecule has 4 aromatic rings. The third-order valence-corrected chi connectivity index (χ3v) is 5.43. The van der Waals surface area contributed by atoms with E-state index >= 15 is 0 Å². The number of aromatic nitrogens is 1. The molecule has 1 heterocycles. The van der Waals surface area contributed by atoms with Gasteiger partial charge in [-0.2, -0.15) is 0 Å². The molecule has 1 aromatic heterocycles. The molecule has 1 aliphatic carbocycles. The van der Waals surface area contributed by atoms with Crippen LogP contribution in [0.4, 0.5) is 5.69 Å². The topological polar surface area (TPSA) is 51.1 Å². The monoisotopic (exact) mass is 366 g/mol. The molecule has 1 N–H and O–H groups in total. The predicted molar refractivity (Wildman–Crippen MR) is 113 cm³/mol. The molecule has 0 unspecified atom stereocenters. The standard InChI is InChI=1S/C24H18N2O2/c1-14-7-9-15(10-8-14)26-20-12-11-19(25-2)23-22(20)18(13-21(26)27)16-5-3-4-6-17(16)24(23)28/h3-13,25H,1-2H3. The second-order valence-corrected chi connectivity index (χ2v) is 7.07. The van der Waals surface area contributed by atoms with E-state index in [1.54, 1.807) is 17.7 Å². The molecule has 0 saturated heterocycles. The summed E-state index contributed by atoms with van der Waals surface area (Å²) in [5.74, 6) is -0.0212. The maximum Gasteiger partial charge on any atom is 0.256 e. The highest BCUT2D eigenvalue weighted by molar-refractivity contribution is 6.28. The molecule has 1 aliphatic rings. The largest absolute Gasteiger partial charge is 0.388 e. The number of ketones is 1. The minimum absolute atomic E-state index is 0.0212. The molecule has 0 bridgehead atoms. The molecule has 5 rings (SSSR count). The first-order valence-corrected chi connectivity index (χ1v) is 9.22. The first-order chi connectivity index (χ1) is 13.6. The highest BCUT2D eigenvalue weighted by Crippen LogP contribution is 2.41. The number of hydrogen-bond donors (Lipinski definition) is 1. The van der Waals surface area contributed by atoms with Crippen LogP contribution in [0.15, 0.2) is 71.5 Å². The van der Waals surface area contributed by atoms with Crippen molar-refractivity contribution in [2.75, 3.05) is 12.4 Å². The molecular weight excluding hydrogens is 348 g/mol. The number of pyridine rings is 1. The Morgan fingerprint density at radius 1 is 0.821 bits per heavy atom. The van der Waals surface area contributed by atoms with Gasteiger partial charge in [-0.1, -0.05) is 42.0 Å². The molecule has 28 heavy (non-hydrogen) atoms. The number of carbonyl (C=O) groups excluding carboxylic acids is 1. The Hall–Kier alpha value is -3.66. The molecule has 0 atom stereocenters. The fourth-order valence-corrected chi connectivity index (χ4v) is 4.10. The quantitative estimate of drug-likeness (QED) is 0.499. The smallest absolute Gasteiger partial charge is 0.256 e. The third kappa shape index (κ3) is 2.18. The van der Waals surface area contributed by atoms with Gasteiger partial charge in [0.25, 0.3) is 5.56 Å². The Morgan fingerprint density at radius 2 is 1.54 bits per heavy atom. The lowest BCUT2D eigenvalue weighted by Gasteiger charge is -2.24. The molecule has 0 spiro atoms. The first kappa shape index (κ1) is 16.5. The van der Waals surface area contributed by atoms with E-state index in [2.05, 4.69) is 5.32 Å². The van der Waals surface area contributed by atoms with Crippen LogP contribution in [0.1, 0.15) is 21.5 Å². The van der Waals surface area contributed by atoms with Crippen molar-refractivity contribution in [1.82, 2.24) is 4.57 Å². The Labute approximate surface area is 162 Å². The zero-order valence-electron chi connectivity index (χ0n) is 15.6. The maximum absolute atomic E-state index is 13.3. The summed E-state index contributed by atoms with van der Waals surface area (Å²) in [5, 5.41) is 3.95. The molecular formula is C24H18N2O2. The summed E-state index contributed by atoms with van der Waals surface area (Å²) in [4.78, 5) is 26.5. The predicted octanol–water partition coefficient (Wildman–Crippen LogP) is 4.55. The molecule has 136 valence electrons. The van der Waals surface area contributed by atoms with Gasteiger partial charge in [-0.25, -0.2) is 0 Å². The highest BCUT2D eigenvalue weighted by Gasteiger charge is 2.29. The van der Waals surface area contributed by atoms with E-state index in [-0.39, 0.29) is 11.3 Å². The van der Waals surface area contributed by atoms with Gasteiger partial charge in [-0.3, -0.25) is 14.2 Å². The Bertz CT molecular complexity index is 1330. The van der Waals surface area contributed by atoms with Crippen molar-refractivity contribution in [2.45, 2.75) is 6.92 Å². The number of fused-ring (bicyclic) bond motifs is 2. The van der Waals surface area contributed by atoms with Crippen LogP contribution < -0.4 is 10.9 Å². The lowest BCUT2D eigenvalue weighted by Crippen LogP contribution is -2.22. The van der Waals surface area contributed by atoms with E-state index in [0.29, 0.717) is 11.1 Å². The summed E-state index contributed by atoms with van der Waals surface area (Å²) in [7, 11) is 1.81. The van der Waals surface area contributed by atoms with Crippen LogP contribution in [0.5, 0.6) is 0 Å². The van der Waals surface area contributed by atoms with Gasteiger partial charge in [0.15, 0.2) is 5.78 Å². The van der Waals surface area contributed by atoms with E-state index in [0.717, 1.165) is 39.0 Å². The van der Waals surface area contributed by atoms with Crippen molar-refractivity contribution in [2.24, 2.45) is 0 Å². The Morgan fingerprint density at radius 3 is 2.25 bits per heavy atom. The number of hydrogen-bond acceptors (Lipinski definition) is 3. The van der Waals surface area contributed by atoms with Gasteiger partial charge in [-0.15, -0.1) is 0 Å². The second-order valence-electron chi connectivity index (χ2n) is 7.07. The number of anilines is 1. The van der Waals surface area contributed by atoms with E-state index in [1.165, 1.54) is 0 Å². The molecule has 4 nitrogen and oxygen atoms in total. The van der Waals surface area contributed by atoms with E-state index in [4.69, 9.17) is 0 Å². The normalized spacial score (nSPS) is 12.1. The van der Waals surface area contributed by atoms with Gasteiger partial charge in [-0.05, 0) is 42.3 Å². The molecule has 0 aliphatic heterocycles.